The number of hydrogen-bond acceptors (Lipinski definition) is 5. The predicted octanol–water partition coefficient (Wildman–Crippen LogP) is 6.04. The van der Waals surface area contributed by atoms with Crippen molar-refractivity contribution in [2.24, 2.45) is 0 Å². The number of halogens is 4. The van der Waals surface area contributed by atoms with Crippen molar-refractivity contribution in [3.05, 3.63) is 58.1 Å². The van der Waals surface area contributed by atoms with Gasteiger partial charge in [0.1, 0.15) is 10.3 Å². The minimum atomic E-state index is -1.57. The van der Waals surface area contributed by atoms with Gasteiger partial charge in [-0.2, -0.15) is 0 Å². The summed E-state index contributed by atoms with van der Waals surface area (Å²) in [5.41, 5.74) is 1.33. The van der Waals surface area contributed by atoms with E-state index in [1.807, 2.05) is 0 Å². The SMILES string of the molecule is CC(=O)OOC(=O)C(c1ccccc1Nc1c(Cl)cccc1Cl)C(C)(Cl)Cl. The summed E-state index contributed by atoms with van der Waals surface area (Å²) < 4.78 is -1.57. The fraction of sp³-hybridized carbons (Fsp3) is 0.222. The van der Waals surface area contributed by atoms with Gasteiger partial charge in [-0.3, -0.25) is 0 Å². The van der Waals surface area contributed by atoms with Gasteiger partial charge in [0.2, 0.25) is 0 Å². The van der Waals surface area contributed by atoms with Crippen LogP contribution >= 0.6 is 46.4 Å². The molecule has 0 aliphatic carbocycles. The molecule has 0 aliphatic rings. The molecule has 0 aromatic heterocycles. The third-order valence-electron chi connectivity index (χ3n) is 3.48. The van der Waals surface area contributed by atoms with Crippen molar-refractivity contribution < 1.29 is 19.4 Å². The highest BCUT2D eigenvalue weighted by Gasteiger charge is 2.41. The number of carbonyl (C=O) groups excluding carboxylic acids is 2. The average molecular weight is 451 g/mol. The summed E-state index contributed by atoms with van der Waals surface area (Å²) in [7, 11) is 0. The second-order valence-electron chi connectivity index (χ2n) is 5.68. The van der Waals surface area contributed by atoms with E-state index in [1.54, 1.807) is 42.5 Å². The van der Waals surface area contributed by atoms with Gasteiger partial charge in [0, 0.05) is 12.6 Å². The van der Waals surface area contributed by atoms with Gasteiger partial charge in [-0.1, -0.05) is 47.5 Å². The van der Waals surface area contributed by atoms with Crippen molar-refractivity contribution in [2.75, 3.05) is 5.32 Å². The van der Waals surface area contributed by atoms with Gasteiger partial charge in [-0.15, -0.1) is 23.2 Å². The summed E-state index contributed by atoms with van der Waals surface area (Å²) in [6.07, 6.45) is 0. The Hall–Kier alpha value is -1.66. The largest absolute Gasteiger partial charge is 0.366 e. The lowest BCUT2D eigenvalue weighted by Gasteiger charge is -2.26. The molecule has 1 unspecified atom stereocenters. The summed E-state index contributed by atoms with van der Waals surface area (Å²) >= 11 is 24.9. The molecule has 5 nitrogen and oxygen atoms in total. The lowest BCUT2D eigenvalue weighted by Crippen LogP contribution is -2.30. The fourth-order valence-electron chi connectivity index (χ4n) is 2.37. The number of benzene rings is 2. The normalized spacial score (nSPS) is 12.2. The summed E-state index contributed by atoms with van der Waals surface area (Å²) in [6.45, 7) is 2.52. The van der Waals surface area contributed by atoms with Gasteiger partial charge in [0.15, 0.2) is 0 Å². The van der Waals surface area contributed by atoms with E-state index < -0.39 is 22.2 Å². The zero-order valence-corrected chi connectivity index (χ0v) is 17.3. The first kappa shape index (κ1) is 21.6. The number of alkyl halides is 2. The van der Waals surface area contributed by atoms with Crippen LogP contribution in [0.15, 0.2) is 42.5 Å². The molecule has 2 rings (SSSR count). The van der Waals surface area contributed by atoms with Crippen molar-refractivity contribution in [2.45, 2.75) is 24.1 Å². The van der Waals surface area contributed by atoms with Gasteiger partial charge < -0.3 is 5.32 Å². The topological polar surface area (TPSA) is 64.6 Å². The molecular formula is C18H15Cl4NO4. The van der Waals surface area contributed by atoms with Crippen LogP contribution < -0.4 is 5.32 Å². The summed E-state index contributed by atoms with van der Waals surface area (Å²) in [6, 6.07) is 11.8. The molecule has 27 heavy (non-hydrogen) atoms. The first-order valence-electron chi connectivity index (χ1n) is 7.68. The Morgan fingerprint density at radius 3 is 2.15 bits per heavy atom. The van der Waals surface area contributed by atoms with Crippen molar-refractivity contribution in [3.8, 4) is 0 Å². The maximum absolute atomic E-state index is 12.5. The lowest BCUT2D eigenvalue weighted by atomic mass is 9.94. The molecule has 0 bridgehead atoms. The average Bonchev–Trinajstić information content (AvgIpc) is 2.56. The highest BCUT2D eigenvalue weighted by Crippen LogP contribution is 2.43. The van der Waals surface area contributed by atoms with Gasteiger partial charge in [0.05, 0.1) is 15.7 Å². The Labute approximate surface area is 176 Å². The van der Waals surface area contributed by atoms with Crippen LogP contribution in [0.4, 0.5) is 11.4 Å². The number of para-hydroxylation sites is 2. The monoisotopic (exact) mass is 449 g/mol. The number of rotatable bonds is 5. The molecule has 0 heterocycles. The van der Waals surface area contributed by atoms with Crippen LogP contribution in [-0.2, 0) is 19.4 Å². The first-order valence-corrected chi connectivity index (χ1v) is 9.19. The van der Waals surface area contributed by atoms with Crippen LogP contribution in [0.25, 0.3) is 0 Å². The lowest BCUT2D eigenvalue weighted by molar-refractivity contribution is -0.258. The summed E-state index contributed by atoms with van der Waals surface area (Å²) in [5.74, 6) is -2.90. The maximum Gasteiger partial charge on any atom is 0.366 e. The predicted molar refractivity (Wildman–Crippen MR) is 107 cm³/mol. The Kier molecular flexibility index (Phi) is 7.23. The quantitative estimate of drug-likeness (QED) is 0.342. The molecule has 9 heteroatoms. The van der Waals surface area contributed by atoms with Crippen LogP contribution in [0.2, 0.25) is 10.0 Å². The third kappa shape index (κ3) is 5.66. The number of carbonyl (C=O) groups is 2. The van der Waals surface area contributed by atoms with E-state index in [0.29, 0.717) is 27.0 Å². The molecular weight excluding hydrogens is 436 g/mol. The Bertz CT molecular complexity index is 831. The molecule has 0 aliphatic heterocycles. The van der Waals surface area contributed by atoms with Gasteiger partial charge in [-0.25, -0.2) is 19.4 Å². The van der Waals surface area contributed by atoms with Gasteiger partial charge >= 0.3 is 11.9 Å². The molecule has 0 spiro atoms. The zero-order chi connectivity index (χ0) is 20.2. The van der Waals surface area contributed by atoms with Crippen LogP contribution in [-0.4, -0.2) is 16.3 Å². The van der Waals surface area contributed by atoms with Crippen LogP contribution in [0.1, 0.15) is 25.3 Å². The van der Waals surface area contributed by atoms with Crippen molar-refractivity contribution in [1.29, 1.82) is 0 Å². The van der Waals surface area contributed by atoms with Gasteiger partial charge in [0.25, 0.3) is 0 Å². The number of nitrogens with one attached hydrogen (secondary N) is 1. The molecule has 1 N–H and O–H groups in total. The standard InChI is InChI=1S/C18H15Cl4NO4/c1-10(24)26-27-17(25)15(18(2,21)22)11-6-3-4-9-14(11)23-16-12(19)7-5-8-13(16)20/h3-9,15,23H,1-2H3. The second kappa shape index (κ2) is 9.02. The van der Waals surface area contributed by atoms with E-state index in [2.05, 4.69) is 15.1 Å². The number of hydrogen-bond donors (Lipinski definition) is 1. The highest BCUT2D eigenvalue weighted by atomic mass is 35.5. The van der Waals surface area contributed by atoms with Crippen molar-refractivity contribution in [3.63, 3.8) is 0 Å². The molecule has 2 aromatic rings. The molecule has 1 atom stereocenters. The molecule has 2 aromatic carbocycles. The Morgan fingerprint density at radius 1 is 1.00 bits per heavy atom. The summed E-state index contributed by atoms with van der Waals surface area (Å²) in [5, 5.41) is 3.85. The van der Waals surface area contributed by atoms with Crippen LogP contribution in [0.5, 0.6) is 0 Å². The van der Waals surface area contributed by atoms with Crippen LogP contribution in [0.3, 0.4) is 0 Å². The summed E-state index contributed by atoms with van der Waals surface area (Å²) in [4.78, 5) is 32.3. The molecule has 0 saturated heterocycles. The smallest absolute Gasteiger partial charge is 0.353 e. The molecule has 144 valence electrons. The van der Waals surface area contributed by atoms with Gasteiger partial charge in [-0.05, 0) is 30.7 Å². The van der Waals surface area contributed by atoms with E-state index >= 15 is 0 Å². The Morgan fingerprint density at radius 2 is 1.59 bits per heavy atom. The van der Waals surface area contributed by atoms with Crippen molar-refractivity contribution >= 4 is 69.7 Å². The molecule has 0 saturated carbocycles. The highest BCUT2D eigenvalue weighted by molar-refractivity contribution is 6.49. The molecule has 0 amide bonds. The minimum absolute atomic E-state index is 0.385. The third-order valence-corrected chi connectivity index (χ3v) is 4.54. The Balaban J connectivity index is 2.46. The second-order valence-corrected chi connectivity index (χ2v) is 8.25. The van der Waals surface area contributed by atoms with E-state index in [-0.39, 0.29) is 0 Å². The molecule has 0 radical (unpaired) electrons. The van der Waals surface area contributed by atoms with E-state index in [9.17, 15) is 9.59 Å². The number of anilines is 2. The molecule has 0 fully saturated rings. The van der Waals surface area contributed by atoms with E-state index in [0.717, 1.165) is 6.92 Å². The fourth-order valence-corrected chi connectivity index (χ4v) is 3.27. The van der Waals surface area contributed by atoms with E-state index in [4.69, 9.17) is 46.4 Å². The first-order chi connectivity index (χ1) is 12.6. The maximum atomic E-state index is 12.5. The van der Waals surface area contributed by atoms with Crippen molar-refractivity contribution in [1.82, 2.24) is 0 Å². The zero-order valence-electron chi connectivity index (χ0n) is 14.3. The van der Waals surface area contributed by atoms with E-state index in [1.165, 1.54) is 6.92 Å². The van der Waals surface area contributed by atoms with Crippen LogP contribution in [0, 0.1) is 0 Å². The minimum Gasteiger partial charge on any atom is -0.353 e.